The number of sulfonamides is 1. The monoisotopic (exact) mass is 467 g/mol. The molecular weight excluding hydrogens is 438 g/mol. The van der Waals surface area contributed by atoms with Gasteiger partial charge in [-0.3, -0.25) is 4.72 Å². The Morgan fingerprint density at radius 1 is 0.909 bits per heavy atom. The van der Waals surface area contributed by atoms with Gasteiger partial charge in [0.25, 0.3) is 0 Å². The summed E-state index contributed by atoms with van der Waals surface area (Å²) >= 11 is 0. The standard InChI is InChI=1S/C23H29N7O2S/c1-17-16-24-23(26-18-7-9-21(10-8-18)30-13-11-29(2)12-14-30)27-22(17)25-19-5-4-6-20(15-19)28-33(3,31)32/h4-10,15-16,28H,11-14H2,1-3H3,(H2,24,25,26,27). The molecule has 2 aromatic carbocycles. The number of hydrogen-bond acceptors (Lipinski definition) is 8. The molecule has 0 unspecified atom stereocenters. The van der Waals surface area contributed by atoms with Crippen LogP contribution in [0.2, 0.25) is 0 Å². The van der Waals surface area contributed by atoms with Crippen molar-refractivity contribution in [3.63, 3.8) is 0 Å². The topological polar surface area (TPSA) is 102 Å². The fourth-order valence-corrected chi connectivity index (χ4v) is 4.14. The molecule has 4 rings (SSSR count). The quantitative estimate of drug-likeness (QED) is 0.486. The summed E-state index contributed by atoms with van der Waals surface area (Å²) in [6.07, 6.45) is 2.87. The molecule has 1 aliphatic rings. The molecule has 9 nitrogen and oxygen atoms in total. The lowest BCUT2D eigenvalue weighted by Gasteiger charge is -2.34. The lowest BCUT2D eigenvalue weighted by atomic mass is 10.2. The lowest BCUT2D eigenvalue weighted by molar-refractivity contribution is 0.313. The molecule has 2 heterocycles. The Hall–Kier alpha value is -3.37. The van der Waals surface area contributed by atoms with E-state index in [4.69, 9.17) is 0 Å². The summed E-state index contributed by atoms with van der Waals surface area (Å²) in [5, 5.41) is 6.50. The van der Waals surface area contributed by atoms with Crippen molar-refractivity contribution in [2.45, 2.75) is 6.92 Å². The van der Waals surface area contributed by atoms with Crippen LogP contribution in [0, 0.1) is 6.92 Å². The third-order valence-corrected chi connectivity index (χ3v) is 6.00. The smallest absolute Gasteiger partial charge is 0.229 e. The van der Waals surface area contributed by atoms with Crippen molar-refractivity contribution in [1.29, 1.82) is 0 Å². The summed E-state index contributed by atoms with van der Waals surface area (Å²) in [5.74, 6) is 1.11. The minimum Gasteiger partial charge on any atom is -0.369 e. The first-order valence-corrected chi connectivity index (χ1v) is 12.6. The van der Waals surface area contributed by atoms with Gasteiger partial charge in [-0.25, -0.2) is 13.4 Å². The van der Waals surface area contributed by atoms with E-state index in [1.54, 1.807) is 24.4 Å². The van der Waals surface area contributed by atoms with Gasteiger partial charge in [-0.15, -0.1) is 0 Å². The van der Waals surface area contributed by atoms with E-state index in [1.807, 2.05) is 25.1 Å². The van der Waals surface area contributed by atoms with Crippen LogP contribution in [-0.4, -0.2) is 62.8 Å². The van der Waals surface area contributed by atoms with Crippen LogP contribution in [0.25, 0.3) is 0 Å². The van der Waals surface area contributed by atoms with Crippen molar-refractivity contribution in [1.82, 2.24) is 14.9 Å². The number of nitrogens with zero attached hydrogens (tertiary/aromatic N) is 4. The Bertz CT molecular complexity index is 1210. The molecule has 0 amide bonds. The minimum absolute atomic E-state index is 0.473. The molecule has 3 aromatic rings. The van der Waals surface area contributed by atoms with Crippen molar-refractivity contribution in [2.24, 2.45) is 0 Å². The molecule has 0 spiro atoms. The molecule has 10 heteroatoms. The second-order valence-corrected chi connectivity index (χ2v) is 10.0. The lowest BCUT2D eigenvalue weighted by Crippen LogP contribution is -2.44. The Labute approximate surface area is 194 Å². The van der Waals surface area contributed by atoms with Gasteiger partial charge in [0.15, 0.2) is 0 Å². The molecule has 1 fully saturated rings. The summed E-state index contributed by atoms with van der Waals surface area (Å²) in [7, 11) is -1.20. The number of benzene rings is 2. The van der Waals surface area contributed by atoms with Crippen molar-refractivity contribution < 1.29 is 8.42 Å². The predicted molar refractivity (Wildman–Crippen MR) is 134 cm³/mol. The van der Waals surface area contributed by atoms with Crippen LogP contribution in [0.4, 0.5) is 34.5 Å². The first-order chi connectivity index (χ1) is 15.7. The zero-order valence-electron chi connectivity index (χ0n) is 19.0. The largest absolute Gasteiger partial charge is 0.369 e. The summed E-state index contributed by atoms with van der Waals surface area (Å²) in [6, 6.07) is 15.3. The number of anilines is 6. The first kappa shape index (κ1) is 22.8. The Balaban J connectivity index is 1.45. The fourth-order valence-electron chi connectivity index (χ4n) is 3.59. The molecule has 0 radical (unpaired) electrons. The predicted octanol–water partition coefficient (Wildman–Crippen LogP) is 3.40. The third kappa shape index (κ3) is 6.33. The molecule has 0 aliphatic carbocycles. The molecule has 1 aliphatic heterocycles. The highest BCUT2D eigenvalue weighted by Crippen LogP contribution is 2.24. The van der Waals surface area contributed by atoms with Crippen LogP contribution < -0.4 is 20.3 Å². The molecule has 1 saturated heterocycles. The maximum atomic E-state index is 11.5. The molecule has 0 saturated carbocycles. The second-order valence-electron chi connectivity index (χ2n) is 8.27. The Morgan fingerprint density at radius 2 is 1.61 bits per heavy atom. The molecule has 174 valence electrons. The van der Waals surface area contributed by atoms with Gasteiger partial charge in [0.1, 0.15) is 5.82 Å². The van der Waals surface area contributed by atoms with E-state index >= 15 is 0 Å². The third-order valence-electron chi connectivity index (χ3n) is 5.39. The van der Waals surface area contributed by atoms with Crippen LogP contribution in [0.1, 0.15) is 5.56 Å². The van der Waals surface area contributed by atoms with Crippen LogP contribution >= 0.6 is 0 Å². The van der Waals surface area contributed by atoms with E-state index in [0.717, 1.165) is 43.7 Å². The van der Waals surface area contributed by atoms with E-state index in [2.05, 4.69) is 54.3 Å². The Morgan fingerprint density at radius 3 is 2.30 bits per heavy atom. The average Bonchev–Trinajstić information content (AvgIpc) is 2.76. The molecular formula is C23H29N7O2S. The highest BCUT2D eigenvalue weighted by molar-refractivity contribution is 7.92. The maximum absolute atomic E-state index is 11.5. The van der Waals surface area contributed by atoms with Crippen molar-refractivity contribution in [3.8, 4) is 0 Å². The number of likely N-dealkylation sites (N-methyl/N-ethyl adjacent to an activating group) is 1. The molecule has 3 N–H and O–H groups in total. The number of hydrogen-bond donors (Lipinski definition) is 3. The van der Waals surface area contributed by atoms with Gasteiger partial charge in [-0.1, -0.05) is 6.07 Å². The van der Waals surface area contributed by atoms with E-state index < -0.39 is 10.0 Å². The van der Waals surface area contributed by atoms with Crippen LogP contribution in [0.15, 0.2) is 54.7 Å². The Kier molecular flexibility index (Phi) is 6.66. The van der Waals surface area contributed by atoms with Crippen molar-refractivity contribution >= 4 is 44.5 Å². The number of piperazine rings is 1. The second kappa shape index (κ2) is 9.63. The van der Waals surface area contributed by atoms with Crippen molar-refractivity contribution in [3.05, 3.63) is 60.3 Å². The van der Waals surface area contributed by atoms with Gasteiger partial charge in [0.2, 0.25) is 16.0 Å². The van der Waals surface area contributed by atoms with Gasteiger partial charge in [-0.05, 0) is 56.4 Å². The first-order valence-electron chi connectivity index (χ1n) is 10.7. The maximum Gasteiger partial charge on any atom is 0.229 e. The van der Waals surface area contributed by atoms with Gasteiger partial charge >= 0.3 is 0 Å². The highest BCUT2D eigenvalue weighted by atomic mass is 32.2. The number of aryl methyl sites for hydroxylation is 1. The molecule has 0 atom stereocenters. The SMILES string of the molecule is Cc1cnc(Nc2ccc(N3CCN(C)CC3)cc2)nc1Nc1cccc(NS(C)(=O)=O)c1. The normalized spacial score (nSPS) is 14.7. The zero-order chi connectivity index (χ0) is 23.4. The van der Waals surface area contributed by atoms with Gasteiger partial charge in [0.05, 0.1) is 11.9 Å². The summed E-state index contributed by atoms with van der Waals surface area (Å²) in [6.45, 7) is 6.11. The number of nitrogens with one attached hydrogen (secondary N) is 3. The van der Waals surface area contributed by atoms with E-state index in [1.165, 1.54) is 5.69 Å². The van der Waals surface area contributed by atoms with Crippen LogP contribution in [-0.2, 0) is 10.0 Å². The van der Waals surface area contributed by atoms with Crippen LogP contribution in [0.3, 0.4) is 0 Å². The van der Waals surface area contributed by atoms with E-state index in [0.29, 0.717) is 23.1 Å². The summed E-state index contributed by atoms with van der Waals surface area (Å²) in [5.41, 5.74) is 4.18. The molecule has 1 aromatic heterocycles. The molecule has 0 bridgehead atoms. The highest BCUT2D eigenvalue weighted by Gasteiger charge is 2.14. The van der Waals surface area contributed by atoms with Crippen LogP contribution in [0.5, 0.6) is 0 Å². The van der Waals surface area contributed by atoms with Gasteiger partial charge < -0.3 is 20.4 Å². The fraction of sp³-hybridized carbons (Fsp3) is 0.304. The average molecular weight is 468 g/mol. The zero-order valence-corrected chi connectivity index (χ0v) is 19.9. The van der Waals surface area contributed by atoms with Crippen molar-refractivity contribution in [2.75, 3.05) is 59.7 Å². The van der Waals surface area contributed by atoms with E-state index in [9.17, 15) is 8.42 Å². The van der Waals surface area contributed by atoms with E-state index in [-0.39, 0.29) is 0 Å². The number of aromatic nitrogens is 2. The van der Waals surface area contributed by atoms with Gasteiger partial charge in [-0.2, -0.15) is 4.98 Å². The minimum atomic E-state index is -3.35. The summed E-state index contributed by atoms with van der Waals surface area (Å²) in [4.78, 5) is 13.7. The number of rotatable bonds is 7. The van der Waals surface area contributed by atoms with Gasteiger partial charge in [0, 0.05) is 55.0 Å². The summed E-state index contributed by atoms with van der Waals surface area (Å²) < 4.78 is 25.5. The molecule has 33 heavy (non-hydrogen) atoms.